The van der Waals surface area contributed by atoms with Gasteiger partial charge >= 0.3 is 18.0 Å². The van der Waals surface area contributed by atoms with Gasteiger partial charge in [0.05, 0.1) is 64.9 Å². The molecule has 2 aliphatic rings. The first kappa shape index (κ1) is 71.3. The Kier molecular flexibility index (Phi) is 30.7. The number of carboxylic acid groups (broad SMARTS) is 2. The van der Waals surface area contributed by atoms with Crippen molar-refractivity contribution in [2.45, 2.75) is 114 Å². The summed E-state index contributed by atoms with van der Waals surface area (Å²) in [5.74, 6) is -17.9. The first-order valence-corrected chi connectivity index (χ1v) is 26.4. The number of nitrogens with one attached hydrogen (secondary N) is 14. The Bertz CT molecular complexity index is 2540. The van der Waals surface area contributed by atoms with E-state index in [0.717, 1.165) is 11.8 Å². The van der Waals surface area contributed by atoms with Crippen molar-refractivity contribution in [1.29, 1.82) is 0 Å². The topological polar surface area (TPSA) is 587 Å². The SMILES string of the molecule is CC(C)C[C@@H]1NC(=O)[C@H](CC(=O)O)NC(=O)CNC(=O)[C@H](CCCN=C(N)N)NC(=O)CNC(=O)CNC(=O)CNC(=O)CNC(=O)CNC(=O)CNC(=O)CNC(=O)NC(=O)[C@H]([C@@H](C)O)NC(=O)[C@H](CCC(=O)O)NC(=O)[C@@H]2CCCN2C1=O. The van der Waals surface area contributed by atoms with Gasteiger partial charge in [0, 0.05) is 19.5 Å². The van der Waals surface area contributed by atoms with Gasteiger partial charge in [-0.15, -0.1) is 0 Å². The molecule has 16 amide bonds. The van der Waals surface area contributed by atoms with Crippen LogP contribution < -0.4 is 85.9 Å². The Hall–Kier alpha value is -9.78. The molecule has 0 bridgehead atoms. The molecule has 38 heteroatoms. The van der Waals surface area contributed by atoms with Gasteiger partial charge in [-0.25, -0.2) is 4.79 Å². The van der Waals surface area contributed by atoms with Crippen LogP contribution >= 0.6 is 0 Å². The number of carboxylic acids is 2. The summed E-state index contributed by atoms with van der Waals surface area (Å²) in [6.45, 7) is -1.81. The molecule has 472 valence electrons. The number of aliphatic carboxylic acids is 2. The Morgan fingerprint density at radius 1 is 0.529 bits per heavy atom. The predicted octanol–water partition coefficient (Wildman–Crippen LogP) is -11.1. The van der Waals surface area contributed by atoms with Gasteiger partial charge in [0.1, 0.15) is 36.3 Å². The molecule has 0 spiro atoms. The van der Waals surface area contributed by atoms with Crippen molar-refractivity contribution in [3.63, 3.8) is 0 Å². The first-order chi connectivity index (χ1) is 39.9. The third kappa shape index (κ3) is 28.7. The highest BCUT2D eigenvalue weighted by atomic mass is 16.4. The lowest BCUT2D eigenvalue weighted by atomic mass is 10.0. The highest BCUT2D eigenvalue weighted by Crippen LogP contribution is 2.21. The number of carbonyl (C=O) groups excluding carboxylic acids is 15. The summed E-state index contributed by atoms with van der Waals surface area (Å²) < 4.78 is 0. The smallest absolute Gasteiger partial charge is 0.321 e. The van der Waals surface area contributed by atoms with Crippen LogP contribution in [-0.2, 0) is 76.7 Å². The zero-order valence-electron chi connectivity index (χ0n) is 46.7. The van der Waals surface area contributed by atoms with Crippen LogP contribution in [0, 0.1) is 5.92 Å². The molecule has 2 saturated heterocycles. The summed E-state index contributed by atoms with van der Waals surface area (Å²) in [5, 5.41) is 60.0. The van der Waals surface area contributed by atoms with E-state index in [-0.39, 0.29) is 57.1 Å². The number of guanidine groups is 1. The maximum Gasteiger partial charge on any atom is 0.321 e. The van der Waals surface area contributed by atoms with Crippen LogP contribution in [0.2, 0.25) is 0 Å². The third-order valence-electron chi connectivity index (χ3n) is 11.9. The molecule has 2 aliphatic heterocycles. The largest absolute Gasteiger partial charge is 0.481 e. The molecule has 0 unspecified atom stereocenters. The monoisotopic (exact) mass is 1210 g/mol. The zero-order valence-corrected chi connectivity index (χ0v) is 46.7. The van der Waals surface area contributed by atoms with Crippen LogP contribution in [0.5, 0.6) is 0 Å². The Morgan fingerprint density at radius 2 is 0.976 bits per heavy atom. The maximum absolute atomic E-state index is 14.3. The van der Waals surface area contributed by atoms with Crippen LogP contribution in [0.25, 0.3) is 0 Å². The number of carbonyl (C=O) groups is 17. The average molecular weight is 1210 g/mol. The van der Waals surface area contributed by atoms with E-state index in [1.54, 1.807) is 19.2 Å². The Morgan fingerprint density at radius 3 is 1.45 bits per heavy atom. The van der Waals surface area contributed by atoms with E-state index in [0.29, 0.717) is 0 Å². The van der Waals surface area contributed by atoms with Gasteiger partial charge in [-0.1, -0.05) is 13.8 Å². The van der Waals surface area contributed by atoms with E-state index in [2.05, 4.69) is 68.8 Å². The van der Waals surface area contributed by atoms with Gasteiger partial charge in [-0.05, 0) is 51.4 Å². The van der Waals surface area contributed by atoms with Gasteiger partial charge in [0.15, 0.2) is 5.96 Å². The number of imide groups is 1. The number of aliphatic hydroxyl groups is 1. The van der Waals surface area contributed by atoms with Crippen molar-refractivity contribution in [3.05, 3.63) is 0 Å². The van der Waals surface area contributed by atoms with Crippen molar-refractivity contribution in [2.75, 3.05) is 65.4 Å². The highest BCUT2D eigenvalue weighted by molar-refractivity contribution is 6.02. The van der Waals surface area contributed by atoms with Gasteiger partial charge in [0.2, 0.25) is 76.8 Å². The van der Waals surface area contributed by atoms with Crippen LogP contribution in [0.1, 0.15) is 72.1 Å². The number of fused-ring (bicyclic) bond motifs is 1. The quantitative estimate of drug-likeness (QED) is 0.0490. The van der Waals surface area contributed by atoms with Crippen molar-refractivity contribution in [1.82, 2.24) is 79.3 Å². The van der Waals surface area contributed by atoms with Crippen LogP contribution in [0.4, 0.5) is 4.79 Å². The minimum atomic E-state index is -1.96. The molecular formula is C47H74N18O20. The second kappa shape index (κ2) is 36.6. The molecular weight excluding hydrogens is 1140 g/mol. The lowest BCUT2D eigenvalue weighted by molar-refractivity contribution is -0.144. The number of rotatable bonds is 12. The van der Waals surface area contributed by atoms with Gasteiger partial charge in [0.25, 0.3) is 5.91 Å². The Balaban J connectivity index is 2.43. The summed E-state index contributed by atoms with van der Waals surface area (Å²) in [4.78, 5) is 223. The molecule has 7 atom stereocenters. The second-order valence-electron chi connectivity index (χ2n) is 19.4. The number of aliphatic imine (C=N–C) groups is 1. The molecule has 0 aliphatic carbocycles. The number of amides is 16. The van der Waals surface area contributed by atoms with E-state index >= 15 is 0 Å². The summed E-state index contributed by atoms with van der Waals surface area (Å²) in [7, 11) is 0. The standard InChI is InChI=1S/C47H74N18O20/c1-22(2)12-27-45(84)65-11-5-7-28(65)43(82)61-25(8-9-37(75)76)41(80)63-39(23(3)66)44(83)64-47(85)58-19-34(72)55-17-32(70)53-15-30(68)51-14-29(67)52-16-31(69)54-18-33(71)56-20-35(73)59-24(6-4-10-50-46(48)49)40(79)57-21-36(74)60-26(13-38(77)78)42(81)62-27/h22-28,39,66H,4-21H2,1-3H3,(H,51,68)(H,52,67)(H,53,70)(H,54,69)(H,55,72)(H,56,71)(H,57,79)(H,59,73)(H,60,74)(H,61,82)(H,62,81)(H,63,80)(H,75,76)(H,77,78)(H4,48,49,50)(H2,58,64,83,85)/t23-,24+,25+,26+,27+,28+,39+/m1/s1. The molecule has 2 heterocycles. The lowest BCUT2D eigenvalue weighted by Crippen LogP contribution is -2.60. The normalized spacial score (nSPS) is 23.4. The predicted molar refractivity (Wildman–Crippen MR) is 287 cm³/mol. The number of urea groups is 1. The third-order valence-corrected chi connectivity index (χ3v) is 11.9. The molecule has 0 aromatic rings. The van der Waals surface area contributed by atoms with E-state index in [1.165, 1.54) is 0 Å². The van der Waals surface area contributed by atoms with Gasteiger partial charge in [-0.3, -0.25) is 87.0 Å². The van der Waals surface area contributed by atoms with Crippen molar-refractivity contribution in [2.24, 2.45) is 22.4 Å². The number of aliphatic hydroxyl groups excluding tert-OH is 1. The molecule has 21 N–H and O–H groups in total. The average Bonchev–Trinajstić information content (AvgIpc) is 3.43. The molecule has 0 aromatic carbocycles. The number of hydrogen-bond acceptors (Lipinski definition) is 19. The van der Waals surface area contributed by atoms with Crippen molar-refractivity contribution in [3.8, 4) is 0 Å². The van der Waals surface area contributed by atoms with Crippen LogP contribution in [0.3, 0.4) is 0 Å². The fourth-order valence-electron chi connectivity index (χ4n) is 7.71. The molecule has 85 heavy (non-hydrogen) atoms. The number of nitrogens with two attached hydrogens (primary N) is 2. The fourth-order valence-corrected chi connectivity index (χ4v) is 7.71. The molecule has 0 aromatic heterocycles. The lowest BCUT2D eigenvalue weighted by Gasteiger charge is -2.31. The highest BCUT2D eigenvalue weighted by Gasteiger charge is 2.41. The summed E-state index contributed by atoms with van der Waals surface area (Å²) >= 11 is 0. The van der Waals surface area contributed by atoms with Crippen molar-refractivity contribution >= 4 is 107 Å². The van der Waals surface area contributed by atoms with E-state index in [9.17, 15) is 96.8 Å². The maximum atomic E-state index is 14.3. The molecule has 2 rings (SSSR count). The zero-order chi connectivity index (χ0) is 63.9. The van der Waals surface area contributed by atoms with Crippen LogP contribution in [0.15, 0.2) is 4.99 Å². The second-order valence-corrected chi connectivity index (χ2v) is 19.4. The number of hydrogen-bond donors (Lipinski definition) is 19. The van der Waals surface area contributed by atoms with Crippen LogP contribution in [-0.4, -0.2) is 235 Å². The first-order valence-electron chi connectivity index (χ1n) is 26.4. The molecule has 2 fully saturated rings. The summed E-state index contributed by atoms with van der Waals surface area (Å²) in [5.41, 5.74) is 10.7. The van der Waals surface area contributed by atoms with E-state index in [1.807, 2.05) is 5.32 Å². The summed E-state index contributed by atoms with van der Waals surface area (Å²) in [6.07, 6.45) is -4.22. The Labute approximate surface area is 484 Å². The molecule has 0 saturated carbocycles. The summed E-state index contributed by atoms with van der Waals surface area (Å²) in [6, 6.07) is -11.2. The van der Waals surface area contributed by atoms with E-state index < -0.39 is 215 Å². The van der Waals surface area contributed by atoms with Gasteiger partial charge in [-0.2, -0.15) is 0 Å². The minimum Gasteiger partial charge on any atom is -0.481 e. The number of nitrogens with zero attached hydrogens (tertiary/aromatic N) is 2. The van der Waals surface area contributed by atoms with E-state index in [4.69, 9.17) is 11.5 Å². The van der Waals surface area contributed by atoms with Crippen molar-refractivity contribution < 1.29 is 96.8 Å². The molecule has 38 nitrogen and oxygen atoms in total. The fraction of sp³-hybridized carbons (Fsp3) is 0.617. The van der Waals surface area contributed by atoms with Gasteiger partial charge < -0.3 is 101 Å². The minimum absolute atomic E-state index is 0.0273. The molecule has 0 radical (unpaired) electrons.